The molecule has 0 aliphatic heterocycles. The minimum atomic E-state index is 0.152. The summed E-state index contributed by atoms with van der Waals surface area (Å²) in [7, 11) is 0. The number of nitrogens with zero attached hydrogens (tertiary/aromatic N) is 5. The van der Waals surface area contributed by atoms with Crippen molar-refractivity contribution in [2.24, 2.45) is 5.92 Å². The molecule has 34 heavy (non-hydrogen) atoms. The van der Waals surface area contributed by atoms with Crippen LogP contribution in [0.25, 0.3) is 33.3 Å². The van der Waals surface area contributed by atoms with E-state index in [1.54, 1.807) is 0 Å². The van der Waals surface area contributed by atoms with Crippen LogP contribution in [0.5, 0.6) is 0 Å². The van der Waals surface area contributed by atoms with Gasteiger partial charge in [-0.1, -0.05) is 24.1 Å². The number of rotatable bonds is 5. The maximum Gasteiger partial charge on any atom is 0.141 e. The van der Waals surface area contributed by atoms with E-state index in [0.29, 0.717) is 5.92 Å². The highest BCUT2D eigenvalue weighted by molar-refractivity contribution is 5.96. The van der Waals surface area contributed by atoms with Crippen molar-refractivity contribution < 1.29 is 4.52 Å². The molecule has 0 bridgehead atoms. The van der Waals surface area contributed by atoms with Crippen molar-refractivity contribution in [3.8, 4) is 22.3 Å². The summed E-state index contributed by atoms with van der Waals surface area (Å²) in [6.45, 7) is 3.92. The second-order valence-electron chi connectivity index (χ2n) is 9.22. The lowest BCUT2D eigenvalue weighted by atomic mass is 9.94. The lowest BCUT2D eigenvalue weighted by Gasteiger charge is -2.25. The Kier molecular flexibility index (Phi) is 5.21. The largest absolute Gasteiger partial charge is 0.361 e. The predicted molar refractivity (Wildman–Crippen MR) is 132 cm³/mol. The van der Waals surface area contributed by atoms with Crippen molar-refractivity contribution >= 4 is 11.0 Å². The summed E-state index contributed by atoms with van der Waals surface area (Å²) in [5.74, 6) is 1.35. The Labute approximate surface area is 198 Å². The van der Waals surface area contributed by atoms with E-state index < -0.39 is 0 Å². The molecule has 170 valence electrons. The van der Waals surface area contributed by atoms with Gasteiger partial charge in [0, 0.05) is 53.1 Å². The van der Waals surface area contributed by atoms with Gasteiger partial charge in [0.2, 0.25) is 0 Å². The van der Waals surface area contributed by atoms with E-state index in [1.807, 2.05) is 44.7 Å². The maximum atomic E-state index is 5.45. The maximum absolute atomic E-state index is 5.45. The summed E-state index contributed by atoms with van der Waals surface area (Å²) in [6.07, 6.45) is 14.8. The molecule has 0 N–H and O–H groups in total. The van der Waals surface area contributed by atoms with Gasteiger partial charge >= 0.3 is 0 Å². The molecule has 0 saturated heterocycles. The zero-order valence-electron chi connectivity index (χ0n) is 19.5. The van der Waals surface area contributed by atoms with Gasteiger partial charge in [-0.2, -0.15) is 0 Å². The molecule has 1 aliphatic rings. The van der Waals surface area contributed by atoms with Crippen molar-refractivity contribution in [1.82, 2.24) is 24.7 Å². The number of hydrogen-bond donors (Lipinski definition) is 0. The molecule has 1 unspecified atom stereocenters. The molecule has 1 atom stereocenters. The summed E-state index contributed by atoms with van der Waals surface area (Å²) in [5, 5.41) is 5.27. The second-order valence-corrected chi connectivity index (χ2v) is 9.22. The van der Waals surface area contributed by atoms with Crippen LogP contribution < -0.4 is 0 Å². The first-order valence-electron chi connectivity index (χ1n) is 12.0. The zero-order chi connectivity index (χ0) is 23.1. The second kappa shape index (κ2) is 8.52. The first-order valence-corrected chi connectivity index (χ1v) is 12.0. The van der Waals surface area contributed by atoms with Crippen LogP contribution in [-0.2, 0) is 0 Å². The van der Waals surface area contributed by atoms with Gasteiger partial charge in [-0.25, -0.2) is 4.98 Å². The van der Waals surface area contributed by atoms with E-state index in [4.69, 9.17) is 14.5 Å². The fraction of sp³-hybridized carbons (Fsp3) is 0.286. The highest BCUT2D eigenvalue weighted by Gasteiger charge is 2.31. The van der Waals surface area contributed by atoms with Crippen molar-refractivity contribution in [1.29, 1.82) is 0 Å². The summed E-state index contributed by atoms with van der Waals surface area (Å²) >= 11 is 0. The molecule has 0 amide bonds. The lowest BCUT2D eigenvalue weighted by molar-refractivity contribution is 0.385. The van der Waals surface area contributed by atoms with Crippen LogP contribution >= 0.6 is 0 Å². The highest BCUT2D eigenvalue weighted by atomic mass is 16.5. The van der Waals surface area contributed by atoms with E-state index in [9.17, 15) is 0 Å². The third kappa shape index (κ3) is 3.50. The first kappa shape index (κ1) is 20.8. The molecule has 5 heterocycles. The van der Waals surface area contributed by atoms with Crippen LogP contribution in [0, 0.1) is 19.8 Å². The van der Waals surface area contributed by atoms with Gasteiger partial charge in [0.25, 0.3) is 0 Å². The molecule has 0 radical (unpaired) electrons. The minimum Gasteiger partial charge on any atom is -0.361 e. The van der Waals surface area contributed by atoms with Crippen LogP contribution in [0.1, 0.15) is 48.9 Å². The number of fused-ring (bicyclic) bond motifs is 1. The van der Waals surface area contributed by atoms with Crippen LogP contribution in [0.2, 0.25) is 0 Å². The average Bonchev–Trinajstić information content (AvgIpc) is 3.61. The SMILES string of the molecule is Cc1noc(C)c1-c1cnc2c(c1)c(-c1ccncc1)cn2C(c1ccccn1)C1CCCC1. The molecule has 5 aromatic rings. The predicted octanol–water partition coefficient (Wildman–Crippen LogP) is 6.54. The van der Waals surface area contributed by atoms with Gasteiger partial charge < -0.3 is 9.09 Å². The topological polar surface area (TPSA) is 69.6 Å². The van der Waals surface area contributed by atoms with Crippen LogP contribution in [0.4, 0.5) is 0 Å². The normalized spacial score (nSPS) is 15.2. The summed E-state index contributed by atoms with van der Waals surface area (Å²) in [5.41, 5.74) is 7.27. The molecule has 0 spiro atoms. The molecule has 1 saturated carbocycles. The Morgan fingerprint density at radius 3 is 2.50 bits per heavy atom. The lowest BCUT2D eigenvalue weighted by Crippen LogP contribution is -2.19. The van der Waals surface area contributed by atoms with E-state index in [0.717, 1.165) is 50.4 Å². The van der Waals surface area contributed by atoms with Gasteiger partial charge in [-0.3, -0.25) is 9.97 Å². The summed E-state index contributed by atoms with van der Waals surface area (Å²) in [6, 6.07) is 12.7. The van der Waals surface area contributed by atoms with Gasteiger partial charge in [-0.05, 0) is 68.5 Å². The summed E-state index contributed by atoms with van der Waals surface area (Å²) in [4.78, 5) is 14.1. The Morgan fingerprint density at radius 2 is 1.79 bits per heavy atom. The number of hydrogen-bond acceptors (Lipinski definition) is 5. The Morgan fingerprint density at radius 1 is 0.971 bits per heavy atom. The molecule has 5 aromatic heterocycles. The molecule has 0 aromatic carbocycles. The Hall–Kier alpha value is -3.80. The third-order valence-corrected chi connectivity index (χ3v) is 7.12. The summed E-state index contributed by atoms with van der Waals surface area (Å²) < 4.78 is 7.81. The smallest absolute Gasteiger partial charge is 0.141 e. The highest BCUT2D eigenvalue weighted by Crippen LogP contribution is 2.42. The Balaban J connectivity index is 1.60. The van der Waals surface area contributed by atoms with Crippen LogP contribution in [0.3, 0.4) is 0 Å². The molecular formula is C28H27N5O. The van der Waals surface area contributed by atoms with Gasteiger partial charge in [-0.15, -0.1) is 0 Å². The average molecular weight is 450 g/mol. The van der Waals surface area contributed by atoms with Gasteiger partial charge in [0.1, 0.15) is 11.4 Å². The van der Waals surface area contributed by atoms with Crippen molar-refractivity contribution in [2.75, 3.05) is 0 Å². The number of pyridine rings is 3. The van der Waals surface area contributed by atoms with Crippen LogP contribution in [-0.4, -0.2) is 24.7 Å². The first-order chi connectivity index (χ1) is 16.7. The fourth-order valence-corrected chi connectivity index (χ4v) is 5.57. The zero-order valence-corrected chi connectivity index (χ0v) is 19.5. The van der Waals surface area contributed by atoms with Crippen molar-refractivity contribution in [3.05, 3.63) is 84.5 Å². The Bertz CT molecular complexity index is 1410. The van der Waals surface area contributed by atoms with Gasteiger partial charge in [0.05, 0.1) is 17.4 Å². The fourth-order valence-electron chi connectivity index (χ4n) is 5.57. The number of aryl methyl sites for hydroxylation is 2. The van der Waals surface area contributed by atoms with E-state index >= 15 is 0 Å². The molecule has 6 heteroatoms. The molecule has 6 nitrogen and oxygen atoms in total. The van der Waals surface area contributed by atoms with Crippen LogP contribution in [0.15, 0.2) is 71.9 Å². The quantitative estimate of drug-likeness (QED) is 0.304. The standard InChI is InChI=1S/C28H27N5O/c1-18-26(19(2)34-32-18)22-15-23-24(20-10-13-29-14-11-20)17-33(28(23)31-16-22)27(21-7-3-4-8-21)25-9-5-6-12-30-25/h5-6,9-17,21,27H,3-4,7-8H2,1-2H3. The number of aromatic nitrogens is 5. The van der Waals surface area contributed by atoms with Crippen molar-refractivity contribution in [2.45, 2.75) is 45.6 Å². The molecule has 1 aliphatic carbocycles. The third-order valence-electron chi connectivity index (χ3n) is 7.12. The van der Waals surface area contributed by atoms with Crippen molar-refractivity contribution in [3.63, 3.8) is 0 Å². The van der Waals surface area contributed by atoms with E-state index in [1.165, 1.54) is 25.7 Å². The van der Waals surface area contributed by atoms with E-state index in [2.05, 4.69) is 51.2 Å². The van der Waals surface area contributed by atoms with E-state index in [-0.39, 0.29) is 6.04 Å². The molecule has 6 rings (SSSR count). The molecule has 1 fully saturated rings. The monoisotopic (exact) mass is 449 g/mol. The molecular weight excluding hydrogens is 422 g/mol. The van der Waals surface area contributed by atoms with Gasteiger partial charge in [0.15, 0.2) is 0 Å². The minimum absolute atomic E-state index is 0.152.